The zero-order valence-corrected chi connectivity index (χ0v) is 23.0. The standard InChI is InChI=1S/C29H33N5O4S/c1-3-24(28(37)31-19-12-9-13-20(16-19)38-2)39-29-32-22-15-8-7-14-21(22)26-33-27(36)23(34(26)29)17-25(35)30-18-10-5-4-6-11-18/h7-9,12-16,18,23-24H,3-6,10-11,17H2,1-2H3,(H,30,35)(H,31,37). The number of benzene rings is 2. The highest BCUT2D eigenvalue weighted by molar-refractivity contribution is 8.15. The SMILES string of the molecule is CCC(SC1=Nc2ccccc2C2=NC(=O)C(CC(=O)NC3CCCCC3)N12)C(=O)Nc1cccc(OC)c1. The van der Waals surface area contributed by atoms with Gasteiger partial charge in [-0.05, 0) is 43.5 Å². The number of hydrogen-bond acceptors (Lipinski definition) is 7. The minimum absolute atomic E-state index is 0.0170. The first-order valence-corrected chi connectivity index (χ1v) is 14.4. The zero-order valence-electron chi connectivity index (χ0n) is 22.2. The summed E-state index contributed by atoms with van der Waals surface area (Å²) in [6.07, 6.45) is 5.84. The van der Waals surface area contributed by atoms with Gasteiger partial charge < -0.3 is 15.4 Å². The van der Waals surface area contributed by atoms with Crippen LogP contribution < -0.4 is 15.4 Å². The molecule has 2 aliphatic heterocycles. The molecule has 204 valence electrons. The quantitative estimate of drug-likeness (QED) is 0.498. The Morgan fingerprint density at radius 1 is 1.10 bits per heavy atom. The minimum Gasteiger partial charge on any atom is -0.497 e. The molecule has 2 N–H and O–H groups in total. The highest BCUT2D eigenvalue weighted by atomic mass is 32.2. The summed E-state index contributed by atoms with van der Waals surface area (Å²) in [7, 11) is 1.58. The number of amidine groups is 2. The number of para-hydroxylation sites is 1. The Hall–Kier alpha value is -3.66. The molecular weight excluding hydrogens is 514 g/mol. The third-order valence-corrected chi connectivity index (χ3v) is 8.54. The Morgan fingerprint density at radius 2 is 1.90 bits per heavy atom. The lowest BCUT2D eigenvalue weighted by Crippen LogP contribution is -2.47. The van der Waals surface area contributed by atoms with E-state index in [1.807, 2.05) is 43.3 Å². The Bertz CT molecular complexity index is 1320. The van der Waals surface area contributed by atoms with Gasteiger partial charge >= 0.3 is 0 Å². The van der Waals surface area contributed by atoms with E-state index in [1.54, 1.807) is 24.1 Å². The molecule has 2 atom stereocenters. The van der Waals surface area contributed by atoms with Gasteiger partial charge in [-0.2, -0.15) is 4.99 Å². The Morgan fingerprint density at radius 3 is 2.67 bits per heavy atom. The van der Waals surface area contributed by atoms with Gasteiger partial charge in [0, 0.05) is 23.4 Å². The maximum absolute atomic E-state index is 13.3. The van der Waals surface area contributed by atoms with Crippen LogP contribution >= 0.6 is 11.8 Å². The van der Waals surface area contributed by atoms with Crippen LogP contribution in [0.25, 0.3) is 0 Å². The molecule has 10 heteroatoms. The van der Waals surface area contributed by atoms with Crippen molar-refractivity contribution in [2.75, 3.05) is 12.4 Å². The molecule has 2 aromatic rings. The molecular formula is C29H33N5O4S. The summed E-state index contributed by atoms with van der Waals surface area (Å²) in [4.78, 5) is 50.4. The van der Waals surface area contributed by atoms with Crippen molar-refractivity contribution < 1.29 is 19.1 Å². The predicted molar refractivity (Wildman–Crippen MR) is 154 cm³/mol. The predicted octanol–water partition coefficient (Wildman–Crippen LogP) is 4.64. The van der Waals surface area contributed by atoms with Crippen molar-refractivity contribution in [3.63, 3.8) is 0 Å². The van der Waals surface area contributed by atoms with Gasteiger partial charge in [-0.15, -0.1) is 0 Å². The molecule has 1 aliphatic carbocycles. The van der Waals surface area contributed by atoms with Gasteiger partial charge in [-0.25, -0.2) is 4.99 Å². The molecule has 0 spiro atoms. The maximum atomic E-state index is 13.3. The van der Waals surface area contributed by atoms with Crippen LogP contribution in [0.2, 0.25) is 0 Å². The Kier molecular flexibility index (Phi) is 8.30. The second-order valence-electron chi connectivity index (χ2n) is 9.91. The lowest BCUT2D eigenvalue weighted by atomic mass is 9.95. The maximum Gasteiger partial charge on any atom is 0.271 e. The van der Waals surface area contributed by atoms with Crippen molar-refractivity contribution in [1.29, 1.82) is 0 Å². The Labute approximate surface area is 232 Å². The molecule has 2 unspecified atom stereocenters. The number of thioether (sulfide) groups is 1. The molecule has 0 radical (unpaired) electrons. The first-order chi connectivity index (χ1) is 19.0. The zero-order chi connectivity index (χ0) is 27.4. The van der Waals surface area contributed by atoms with Crippen molar-refractivity contribution in [3.8, 4) is 5.75 Å². The number of nitrogens with one attached hydrogen (secondary N) is 2. The van der Waals surface area contributed by atoms with E-state index in [4.69, 9.17) is 9.73 Å². The van der Waals surface area contributed by atoms with E-state index >= 15 is 0 Å². The van der Waals surface area contributed by atoms with E-state index in [9.17, 15) is 14.4 Å². The van der Waals surface area contributed by atoms with Crippen LogP contribution in [0.4, 0.5) is 11.4 Å². The molecule has 0 bridgehead atoms. The molecule has 1 saturated carbocycles. The fourth-order valence-electron chi connectivity index (χ4n) is 5.17. The van der Waals surface area contributed by atoms with Gasteiger partial charge in [0.25, 0.3) is 5.91 Å². The molecule has 1 fully saturated rings. The van der Waals surface area contributed by atoms with Crippen molar-refractivity contribution >= 4 is 51.9 Å². The summed E-state index contributed by atoms with van der Waals surface area (Å²) < 4.78 is 5.27. The van der Waals surface area contributed by atoms with E-state index < -0.39 is 11.3 Å². The lowest BCUT2D eigenvalue weighted by molar-refractivity contribution is -0.127. The number of nitrogens with zero attached hydrogens (tertiary/aromatic N) is 3. The normalized spacial score (nSPS) is 19.4. The average Bonchev–Trinajstić information content (AvgIpc) is 3.28. The summed E-state index contributed by atoms with van der Waals surface area (Å²) in [6.45, 7) is 1.93. The number of ether oxygens (including phenoxy) is 1. The number of fused-ring (bicyclic) bond motifs is 3. The summed E-state index contributed by atoms with van der Waals surface area (Å²) in [6, 6.07) is 14.0. The monoisotopic (exact) mass is 547 g/mol. The highest BCUT2D eigenvalue weighted by Crippen LogP contribution is 2.36. The summed E-state index contributed by atoms with van der Waals surface area (Å²) >= 11 is 1.28. The number of methoxy groups -OCH3 is 1. The van der Waals surface area contributed by atoms with Crippen LogP contribution in [0.5, 0.6) is 5.75 Å². The van der Waals surface area contributed by atoms with E-state index in [0.29, 0.717) is 34.5 Å². The molecule has 0 aromatic heterocycles. The summed E-state index contributed by atoms with van der Waals surface area (Å²) in [5, 5.41) is 6.07. The van der Waals surface area contributed by atoms with Gasteiger partial charge in [0.1, 0.15) is 17.6 Å². The van der Waals surface area contributed by atoms with Crippen LogP contribution in [0.1, 0.15) is 57.4 Å². The van der Waals surface area contributed by atoms with E-state index in [1.165, 1.54) is 18.2 Å². The molecule has 5 rings (SSSR count). The second-order valence-corrected chi connectivity index (χ2v) is 11.1. The number of rotatable bonds is 8. The lowest BCUT2D eigenvalue weighted by Gasteiger charge is -2.32. The average molecular weight is 548 g/mol. The molecule has 3 aliphatic rings. The molecule has 39 heavy (non-hydrogen) atoms. The van der Waals surface area contributed by atoms with Crippen LogP contribution in [0, 0.1) is 0 Å². The van der Waals surface area contributed by atoms with Crippen molar-refractivity contribution in [2.24, 2.45) is 9.98 Å². The number of hydrogen-bond donors (Lipinski definition) is 2. The number of anilines is 1. The van der Waals surface area contributed by atoms with Crippen molar-refractivity contribution in [2.45, 2.75) is 69.2 Å². The van der Waals surface area contributed by atoms with Gasteiger partial charge in [0.2, 0.25) is 11.8 Å². The van der Waals surface area contributed by atoms with Crippen LogP contribution in [-0.2, 0) is 14.4 Å². The van der Waals surface area contributed by atoms with E-state index in [0.717, 1.165) is 31.2 Å². The van der Waals surface area contributed by atoms with Crippen LogP contribution in [-0.4, -0.2) is 58.1 Å². The molecule has 0 saturated heterocycles. The largest absolute Gasteiger partial charge is 0.497 e. The first-order valence-electron chi connectivity index (χ1n) is 13.5. The second kappa shape index (κ2) is 12.0. The highest BCUT2D eigenvalue weighted by Gasteiger charge is 2.43. The van der Waals surface area contributed by atoms with Gasteiger partial charge in [0.05, 0.1) is 24.5 Å². The van der Waals surface area contributed by atoms with Crippen molar-refractivity contribution in [1.82, 2.24) is 10.2 Å². The fraction of sp³-hybridized carbons (Fsp3) is 0.414. The van der Waals surface area contributed by atoms with Gasteiger partial charge in [-0.3, -0.25) is 19.3 Å². The fourth-order valence-corrected chi connectivity index (χ4v) is 6.23. The molecule has 3 amide bonds. The number of aliphatic imine (C=N–C) groups is 2. The molecule has 2 aromatic carbocycles. The third kappa shape index (κ3) is 6.00. The minimum atomic E-state index is -0.804. The van der Waals surface area contributed by atoms with E-state index in [-0.39, 0.29) is 30.2 Å². The molecule has 9 nitrogen and oxygen atoms in total. The van der Waals surface area contributed by atoms with Crippen LogP contribution in [0.15, 0.2) is 58.5 Å². The van der Waals surface area contributed by atoms with E-state index in [2.05, 4.69) is 15.6 Å². The number of carbonyl (C=O) groups excluding carboxylic acids is 3. The van der Waals surface area contributed by atoms with Crippen molar-refractivity contribution in [3.05, 3.63) is 54.1 Å². The summed E-state index contributed by atoms with van der Waals surface area (Å²) in [5.41, 5.74) is 2.04. The Balaban J connectivity index is 1.37. The summed E-state index contributed by atoms with van der Waals surface area (Å²) in [5.74, 6) is 0.400. The van der Waals surface area contributed by atoms with Crippen LogP contribution in [0.3, 0.4) is 0 Å². The van der Waals surface area contributed by atoms with Gasteiger partial charge in [0.15, 0.2) is 5.17 Å². The first kappa shape index (κ1) is 26.9. The topological polar surface area (TPSA) is 112 Å². The molecule has 2 heterocycles. The third-order valence-electron chi connectivity index (χ3n) is 7.21. The van der Waals surface area contributed by atoms with Gasteiger partial charge in [-0.1, -0.05) is 56.1 Å². The number of amides is 3. The smallest absolute Gasteiger partial charge is 0.271 e. The number of carbonyl (C=O) groups is 3.